The van der Waals surface area contributed by atoms with E-state index in [-0.39, 0.29) is 30.9 Å². The molecule has 1 aromatic carbocycles. The Kier molecular flexibility index (Phi) is 4.92. The third-order valence-corrected chi connectivity index (χ3v) is 4.02. The van der Waals surface area contributed by atoms with Gasteiger partial charge in [-0.25, -0.2) is 0 Å². The van der Waals surface area contributed by atoms with Crippen LogP contribution in [0.2, 0.25) is 0 Å². The molecule has 0 saturated carbocycles. The van der Waals surface area contributed by atoms with Crippen LogP contribution < -0.4 is 10.6 Å². The van der Waals surface area contributed by atoms with Crippen LogP contribution >= 0.6 is 0 Å². The van der Waals surface area contributed by atoms with Gasteiger partial charge in [0.2, 0.25) is 11.8 Å². The lowest BCUT2D eigenvalue weighted by atomic mass is 10.1. The number of rotatable bonds is 6. The summed E-state index contributed by atoms with van der Waals surface area (Å²) >= 11 is 0. The largest absolute Gasteiger partial charge is 0.376 e. The predicted octanol–water partition coefficient (Wildman–Crippen LogP) is 1.12. The minimum Gasteiger partial charge on any atom is -0.376 e. The summed E-state index contributed by atoms with van der Waals surface area (Å²) < 4.78 is 5.43. The summed E-state index contributed by atoms with van der Waals surface area (Å²) in [5, 5.41) is 6.47. The minimum atomic E-state index is -0.187. The van der Waals surface area contributed by atoms with E-state index in [1.165, 1.54) is 0 Å². The number of aromatic nitrogens is 1. The summed E-state index contributed by atoms with van der Waals surface area (Å²) in [7, 11) is 0. The third-order valence-electron chi connectivity index (χ3n) is 4.02. The van der Waals surface area contributed by atoms with Gasteiger partial charge in [-0.15, -0.1) is 0 Å². The number of nitrogens with one attached hydrogen (secondary N) is 3. The third kappa shape index (κ3) is 4.10. The van der Waals surface area contributed by atoms with Crippen LogP contribution in [0, 0.1) is 0 Å². The molecule has 1 aliphatic rings. The average Bonchev–Trinajstić information content (AvgIpc) is 3.21. The molecular weight excluding hydrogens is 294 g/mol. The van der Waals surface area contributed by atoms with Gasteiger partial charge >= 0.3 is 0 Å². The molecule has 1 saturated heterocycles. The first-order valence-electron chi connectivity index (χ1n) is 7.92. The van der Waals surface area contributed by atoms with Gasteiger partial charge in [0, 0.05) is 30.3 Å². The average molecular weight is 315 g/mol. The molecule has 6 nitrogen and oxygen atoms in total. The molecule has 1 aromatic heterocycles. The highest BCUT2D eigenvalue weighted by molar-refractivity contribution is 5.90. The second-order valence-electron chi connectivity index (χ2n) is 5.75. The highest BCUT2D eigenvalue weighted by Gasteiger charge is 2.16. The van der Waals surface area contributed by atoms with Crippen molar-refractivity contribution < 1.29 is 14.3 Å². The molecule has 2 heterocycles. The fraction of sp³-hybridized carbons (Fsp3) is 0.412. The lowest BCUT2D eigenvalue weighted by Crippen LogP contribution is -2.40. The number of amides is 2. The Balaban J connectivity index is 1.43. The van der Waals surface area contributed by atoms with E-state index < -0.39 is 0 Å². The summed E-state index contributed by atoms with van der Waals surface area (Å²) in [6.07, 6.45) is 4.22. The Bertz CT molecular complexity index is 689. The minimum absolute atomic E-state index is 0.00604. The van der Waals surface area contributed by atoms with Crippen molar-refractivity contribution in [3.63, 3.8) is 0 Å². The highest BCUT2D eigenvalue weighted by Crippen LogP contribution is 2.17. The van der Waals surface area contributed by atoms with Crippen LogP contribution in [0.1, 0.15) is 18.4 Å². The molecule has 0 radical (unpaired) electrons. The fourth-order valence-corrected chi connectivity index (χ4v) is 2.79. The Labute approximate surface area is 134 Å². The number of benzene rings is 1. The van der Waals surface area contributed by atoms with E-state index in [2.05, 4.69) is 15.6 Å². The van der Waals surface area contributed by atoms with Crippen LogP contribution in [0.15, 0.2) is 30.5 Å². The van der Waals surface area contributed by atoms with Crippen LogP contribution in [0.25, 0.3) is 10.9 Å². The first-order valence-corrected chi connectivity index (χ1v) is 7.92. The van der Waals surface area contributed by atoms with Crippen LogP contribution in [0.5, 0.6) is 0 Å². The monoisotopic (exact) mass is 315 g/mol. The lowest BCUT2D eigenvalue weighted by molar-refractivity contribution is -0.126. The van der Waals surface area contributed by atoms with E-state index in [1.54, 1.807) is 0 Å². The van der Waals surface area contributed by atoms with Gasteiger partial charge in [0.05, 0.1) is 19.1 Å². The zero-order valence-electron chi connectivity index (χ0n) is 12.9. The van der Waals surface area contributed by atoms with Crippen molar-refractivity contribution in [2.45, 2.75) is 25.4 Å². The number of carbonyl (C=O) groups excluding carboxylic acids is 2. The topological polar surface area (TPSA) is 83.2 Å². The summed E-state index contributed by atoms with van der Waals surface area (Å²) in [5.41, 5.74) is 1.93. The maximum absolute atomic E-state index is 12.0. The van der Waals surface area contributed by atoms with Crippen molar-refractivity contribution in [1.82, 2.24) is 15.6 Å². The first kappa shape index (κ1) is 15.6. The Hall–Kier alpha value is -2.34. The SMILES string of the molecule is O=C(CNC(=O)Cc1c[nH]c2ccccc12)NCC1CCCO1. The zero-order chi connectivity index (χ0) is 16.1. The summed E-state index contributed by atoms with van der Waals surface area (Å²) in [4.78, 5) is 26.9. The highest BCUT2D eigenvalue weighted by atomic mass is 16.5. The molecule has 0 bridgehead atoms. The maximum atomic E-state index is 12.0. The van der Waals surface area contributed by atoms with E-state index in [0.29, 0.717) is 6.54 Å². The molecule has 122 valence electrons. The van der Waals surface area contributed by atoms with Gasteiger partial charge in [0.1, 0.15) is 0 Å². The molecule has 0 spiro atoms. The molecular formula is C17H21N3O3. The quantitative estimate of drug-likeness (QED) is 0.747. The second kappa shape index (κ2) is 7.28. The van der Waals surface area contributed by atoms with Gasteiger partial charge in [0.25, 0.3) is 0 Å². The normalized spacial score (nSPS) is 17.3. The maximum Gasteiger partial charge on any atom is 0.239 e. The zero-order valence-corrected chi connectivity index (χ0v) is 12.9. The molecule has 1 atom stereocenters. The van der Waals surface area contributed by atoms with E-state index in [9.17, 15) is 9.59 Å². The van der Waals surface area contributed by atoms with Gasteiger partial charge < -0.3 is 20.4 Å². The van der Waals surface area contributed by atoms with Gasteiger partial charge in [0.15, 0.2) is 0 Å². The molecule has 0 aliphatic carbocycles. The Morgan fingerprint density at radius 2 is 2.09 bits per heavy atom. The van der Waals surface area contributed by atoms with Crippen LogP contribution in [-0.2, 0) is 20.7 Å². The van der Waals surface area contributed by atoms with Crippen molar-refractivity contribution in [3.05, 3.63) is 36.0 Å². The first-order chi connectivity index (χ1) is 11.2. The number of carbonyl (C=O) groups is 2. The molecule has 6 heteroatoms. The van der Waals surface area contributed by atoms with Crippen molar-refractivity contribution in [2.75, 3.05) is 19.7 Å². The van der Waals surface area contributed by atoms with Crippen molar-refractivity contribution in [2.24, 2.45) is 0 Å². The summed E-state index contributed by atoms with van der Waals surface area (Å²) in [6, 6.07) is 7.83. The molecule has 3 N–H and O–H groups in total. The Morgan fingerprint density at radius 3 is 2.91 bits per heavy atom. The van der Waals surface area contributed by atoms with E-state index in [4.69, 9.17) is 4.74 Å². The van der Waals surface area contributed by atoms with E-state index >= 15 is 0 Å². The molecule has 1 fully saturated rings. The number of H-pyrrole nitrogens is 1. The molecule has 3 rings (SSSR count). The lowest BCUT2D eigenvalue weighted by Gasteiger charge is -2.11. The van der Waals surface area contributed by atoms with E-state index in [0.717, 1.165) is 35.9 Å². The van der Waals surface area contributed by atoms with Crippen molar-refractivity contribution in [3.8, 4) is 0 Å². The standard InChI is InChI=1S/C17H21N3O3/c21-16(8-12-9-18-15-6-2-1-5-14(12)15)20-11-17(22)19-10-13-4-3-7-23-13/h1-2,5-6,9,13,18H,3-4,7-8,10-11H2,(H,19,22)(H,20,21). The molecule has 1 aliphatic heterocycles. The van der Waals surface area contributed by atoms with Crippen molar-refractivity contribution >= 4 is 22.7 Å². The number of aromatic amines is 1. The van der Waals surface area contributed by atoms with Crippen molar-refractivity contribution in [1.29, 1.82) is 0 Å². The number of fused-ring (bicyclic) bond motifs is 1. The second-order valence-corrected chi connectivity index (χ2v) is 5.75. The summed E-state index contributed by atoms with van der Waals surface area (Å²) in [6.45, 7) is 1.27. The van der Waals surface area contributed by atoms with Gasteiger partial charge in [-0.2, -0.15) is 0 Å². The number of para-hydroxylation sites is 1. The van der Waals surface area contributed by atoms with Crippen LogP contribution in [0.3, 0.4) is 0 Å². The smallest absolute Gasteiger partial charge is 0.239 e. The fourth-order valence-electron chi connectivity index (χ4n) is 2.79. The van der Waals surface area contributed by atoms with Crippen LogP contribution in [-0.4, -0.2) is 42.6 Å². The van der Waals surface area contributed by atoms with Gasteiger partial charge in [-0.05, 0) is 24.5 Å². The van der Waals surface area contributed by atoms with E-state index in [1.807, 2.05) is 30.5 Å². The van der Waals surface area contributed by atoms with Gasteiger partial charge in [-0.3, -0.25) is 9.59 Å². The molecule has 2 amide bonds. The number of hydrogen-bond donors (Lipinski definition) is 3. The molecule has 23 heavy (non-hydrogen) atoms. The Morgan fingerprint density at radius 1 is 1.22 bits per heavy atom. The van der Waals surface area contributed by atoms with Crippen LogP contribution in [0.4, 0.5) is 0 Å². The number of hydrogen-bond acceptors (Lipinski definition) is 3. The molecule has 2 aromatic rings. The summed E-state index contributed by atoms with van der Waals surface area (Å²) in [5.74, 6) is -0.352. The van der Waals surface area contributed by atoms with Gasteiger partial charge in [-0.1, -0.05) is 18.2 Å². The molecule has 1 unspecified atom stereocenters. The predicted molar refractivity (Wildman–Crippen MR) is 87.0 cm³/mol. The number of ether oxygens (including phenoxy) is 1.